The zero-order valence-electron chi connectivity index (χ0n) is 25.3. The maximum absolute atomic E-state index is 13.5. The van der Waals surface area contributed by atoms with E-state index in [9.17, 15) is 19.5 Å². The third kappa shape index (κ3) is 9.27. The van der Waals surface area contributed by atoms with E-state index in [0.29, 0.717) is 31.8 Å². The molecule has 0 spiro atoms. The van der Waals surface area contributed by atoms with E-state index in [1.165, 1.54) is 0 Å². The lowest BCUT2D eigenvalue weighted by Crippen LogP contribution is -2.55. The van der Waals surface area contributed by atoms with Crippen LogP contribution < -0.4 is 16.0 Å². The van der Waals surface area contributed by atoms with Crippen molar-refractivity contribution in [1.29, 1.82) is 0 Å². The van der Waals surface area contributed by atoms with Gasteiger partial charge in [-0.15, -0.1) is 0 Å². The largest absolute Gasteiger partial charge is 0.390 e. The number of nitrogens with one attached hydrogen (secondary N) is 3. The Morgan fingerprint density at radius 3 is 2.32 bits per heavy atom. The predicted octanol–water partition coefficient (Wildman–Crippen LogP) is 3.80. The van der Waals surface area contributed by atoms with Crippen LogP contribution in [0.2, 0.25) is 0 Å². The lowest BCUT2D eigenvalue weighted by molar-refractivity contribution is -0.142. The molecule has 1 aliphatic rings. The number of hydrogen-bond acceptors (Lipinski definition) is 5. The molecule has 3 rings (SSSR count). The Morgan fingerprint density at radius 1 is 0.927 bits per heavy atom. The van der Waals surface area contributed by atoms with Gasteiger partial charge in [0.1, 0.15) is 12.1 Å². The van der Waals surface area contributed by atoms with Crippen LogP contribution in [-0.4, -0.2) is 72.1 Å². The first-order chi connectivity index (χ1) is 19.8. The van der Waals surface area contributed by atoms with E-state index in [1.807, 2.05) is 56.3 Å². The molecule has 3 amide bonds. The molecule has 0 aromatic heterocycles. The van der Waals surface area contributed by atoms with E-state index < -0.39 is 18.2 Å². The van der Waals surface area contributed by atoms with E-state index in [-0.39, 0.29) is 30.2 Å². The molecule has 1 aliphatic heterocycles. The number of hydrogen-bond donors (Lipinski definition) is 4. The van der Waals surface area contributed by atoms with Crippen LogP contribution in [0, 0.1) is 11.8 Å². The van der Waals surface area contributed by atoms with Crippen molar-refractivity contribution in [1.82, 2.24) is 20.9 Å². The van der Waals surface area contributed by atoms with Gasteiger partial charge >= 0.3 is 0 Å². The highest BCUT2D eigenvalue weighted by Crippen LogP contribution is 2.23. The number of amides is 3. The average molecular weight is 567 g/mol. The van der Waals surface area contributed by atoms with Gasteiger partial charge in [-0.1, -0.05) is 83.0 Å². The molecule has 8 heteroatoms. The maximum Gasteiger partial charge on any atom is 0.243 e. The van der Waals surface area contributed by atoms with Gasteiger partial charge in [-0.3, -0.25) is 14.4 Å². The van der Waals surface area contributed by atoms with Crippen molar-refractivity contribution in [3.63, 3.8) is 0 Å². The Labute approximate surface area is 245 Å². The molecule has 1 saturated heterocycles. The molecule has 0 bridgehead atoms. The SMILES string of the molecule is CCC(CC)CNCC(O)CNC(=O)C(Cc1ccc2ccccc2c1)NC(=O)C1CCCN1C(=O)C(CC)CC. The molecule has 8 nitrogen and oxygen atoms in total. The first kappa shape index (κ1) is 32.5. The van der Waals surface area contributed by atoms with Gasteiger partial charge in [0.15, 0.2) is 0 Å². The van der Waals surface area contributed by atoms with Crippen molar-refractivity contribution in [3.05, 3.63) is 48.0 Å². The monoisotopic (exact) mass is 566 g/mol. The number of fused-ring (bicyclic) bond motifs is 1. The van der Waals surface area contributed by atoms with Crippen molar-refractivity contribution in [2.45, 2.75) is 90.8 Å². The van der Waals surface area contributed by atoms with Gasteiger partial charge in [0.2, 0.25) is 17.7 Å². The minimum atomic E-state index is -0.834. The van der Waals surface area contributed by atoms with Crippen molar-refractivity contribution < 1.29 is 19.5 Å². The normalized spacial score (nSPS) is 16.8. The highest BCUT2D eigenvalue weighted by molar-refractivity contribution is 5.93. The summed E-state index contributed by atoms with van der Waals surface area (Å²) in [7, 11) is 0. The Balaban J connectivity index is 1.70. The molecule has 0 saturated carbocycles. The molecule has 1 heterocycles. The smallest absolute Gasteiger partial charge is 0.243 e. The quantitative estimate of drug-likeness (QED) is 0.247. The Bertz CT molecular complexity index is 1130. The molecule has 4 N–H and O–H groups in total. The molecule has 226 valence electrons. The molecule has 41 heavy (non-hydrogen) atoms. The zero-order chi connectivity index (χ0) is 29.8. The number of aliphatic hydroxyl groups excluding tert-OH is 1. The number of carbonyl (C=O) groups excluding carboxylic acids is 3. The standard InChI is InChI=1S/C33H50N4O4/c1-5-23(6-2)20-34-21-28(38)22-35-31(39)29(19-24-15-16-26-12-9-10-13-27(26)18-24)36-32(40)30-14-11-17-37(30)33(41)25(7-3)8-4/h9-10,12-13,15-16,18,23,25,28-30,34,38H,5-8,11,14,17,19-22H2,1-4H3,(H,35,39)(H,36,40). The van der Waals surface area contributed by atoms with Crippen LogP contribution >= 0.6 is 0 Å². The summed E-state index contributed by atoms with van der Waals surface area (Å²) in [5, 5.41) is 21.8. The van der Waals surface area contributed by atoms with Crippen molar-refractivity contribution in [2.75, 3.05) is 26.2 Å². The fraction of sp³-hybridized carbons (Fsp3) is 0.606. The van der Waals surface area contributed by atoms with Crippen molar-refractivity contribution >= 4 is 28.5 Å². The van der Waals surface area contributed by atoms with Gasteiger partial charge in [-0.05, 0) is 54.5 Å². The second kappa shape index (κ2) is 16.5. The molecule has 2 aromatic carbocycles. The summed E-state index contributed by atoms with van der Waals surface area (Å²) in [6, 6.07) is 12.6. The summed E-state index contributed by atoms with van der Waals surface area (Å²) >= 11 is 0. The van der Waals surface area contributed by atoms with Gasteiger partial charge in [-0.25, -0.2) is 0 Å². The topological polar surface area (TPSA) is 111 Å². The van der Waals surface area contributed by atoms with Crippen LogP contribution in [0.5, 0.6) is 0 Å². The molecule has 1 fully saturated rings. The highest BCUT2D eigenvalue weighted by Gasteiger charge is 2.37. The predicted molar refractivity (Wildman–Crippen MR) is 164 cm³/mol. The van der Waals surface area contributed by atoms with Crippen LogP contribution in [0.4, 0.5) is 0 Å². The molecule has 2 aromatic rings. The summed E-state index contributed by atoms with van der Waals surface area (Å²) in [4.78, 5) is 41.8. The van der Waals surface area contributed by atoms with Gasteiger partial charge in [-0.2, -0.15) is 0 Å². The molecule has 0 radical (unpaired) electrons. The first-order valence-electron chi connectivity index (χ1n) is 15.6. The molecule has 0 aliphatic carbocycles. The van der Waals surface area contributed by atoms with Gasteiger partial charge in [0.25, 0.3) is 0 Å². The molecule has 3 atom stereocenters. The van der Waals surface area contributed by atoms with E-state index in [0.717, 1.165) is 55.0 Å². The van der Waals surface area contributed by atoms with Gasteiger partial charge in [0, 0.05) is 32.0 Å². The molecular formula is C33H50N4O4. The summed E-state index contributed by atoms with van der Waals surface area (Å²) in [5.74, 6) is -0.158. The lowest BCUT2D eigenvalue weighted by Gasteiger charge is -2.29. The van der Waals surface area contributed by atoms with E-state index in [4.69, 9.17) is 0 Å². The summed E-state index contributed by atoms with van der Waals surface area (Å²) in [6.07, 6.45) is 4.54. The zero-order valence-corrected chi connectivity index (χ0v) is 25.3. The Morgan fingerprint density at radius 2 is 1.63 bits per heavy atom. The second-order valence-corrected chi connectivity index (χ2v) is 11.4. The number of carbonyl (C=O) groups is 3. The number of benzene rings is 2. The summed E-state index contributed by atoms with van der Waals surface area (Å²) in [6.45, 7) is 10.2. The van der Waals surface area contributed by atoms with Crippen molar-refractivity contribution in [3.8, 4) is 0 Å². The Hall–Kier alpha value is -2.97. The second-order valence-electron chi connectivity index (χ2n) is 11.4. The minimum absolute atomic E-state index is 0.0205. The third-order valence-electron chi connectivity index (χ3n) is 8.54. The van der Waals surface area contributed by atoms with Crippen molar-refractivity contribution in [2.24, 2.45) is 11.8 Å². The molecular weight excluding hydrogens is 516 g/mol. The van der Waals surface area contributed by atoms with Gasteiger partial charge < -0.3 is 26.0 Å². The van der Waals surface area contributed by atoms with Crippen LogP contribution in [0.3, 0.4) is 0 Å². The minimum Gasteiger partial charge on any atom is -0.390 e. The third-order valence-corrected chi connectivity index (χ3v) is 8.54. The number of aliphatic hydroxyl groups is 1. The van der Waals surface area contributed by atoms with Crippen LogP contribution in [0.15, 0.2) is 42.5 Å². The molecule has 3 unspecified atom stereocenters. The van der Waals surface area contributed by atoms with E-state index >= 15 is 0 Å². The van der Waals surface area contributed by atoms with Crippen LogP contribution in [0.25, 0.3) is 10.8 Å². The first-order valence-corrected chi connectivity index (χ1v) is 15.6. The van der Waals surface area contributed by atoms with E-state index in [1.54, 1.807) is 4.90 Å². The van der Waals surface area contributed by atoms with Gasteiger partial charge in [0.05, 0.1) is 6.10 Å². The number of likely N-dealkylation sites (tertiary alicyclic amines) is 1. The van der Waals surface area contributed by atoms with Crippen LogP contribution in [0.1, 0.15) is 71.8 Å². The average Bonchev–Trinajstić information content (AvgIpc) is 3.48. The number of nitrogens with zero attached hydrogens (tertiary/aromatic N) is 1. The van der Waals surface area contributed by atoms with E-state index in [2.05, 4.69) is 29.8 Å². The summed E-state index contributed by atoms with van der Waals surface area (Å²) in [5.41, 5.74) is 0.924. The highest BCUT2D eigenvalue weighted by atomic mass is 16.3. The van der Waals surface area contributed by atoms with Crippen LogP contribution in [-0.2, 0) is 20.8 Å². The lowest BCUT2D eigenvalue weighted by atomic mass is 10.00. The maximum atomic E-state index is 13.5. The fourth-order valence-corrected chi connectivity index (χ4v) is 5.70. The Kier molecular flexibility index (Phi) is 13.1. The fourth-order valence-electron chi connectivity index (χ4n) is 5.70. The number of rotatable bonds is 16. The summed E-state index contributed by atoms with van der Waals surface area (Å²) < 4.78 is 0.